The van der Waals surface area contributed by atoms with Crippen LogP contribution in [-0.2, 0) is 11.8 Å². The molecule has 0 saturated carbocycles. The molecule has 0 atom stereocenters. The number of benzene rings is 1. The van der Waals surface area contributed by atoms with E-state index in [1.807, 2.05) is 0 Å². The molecule has 124 valence electrons. The molecule has 0 aliphatic rings. The maximum atomic E-state index is 12.3. The molecular weight excluding hydrogens is 298 g/mol. The van der Waals surface area contributed by atoms with Crippen LogP contribution in [0.4, 0.5) is 0 Å². The van der Waals surface area contributed by atoms with Crippen LogP contribution in [0.5, 0.6) is 0 Å². The molecule has 0 spiro atoms. The third-order valence-corrected chi connectivity index (χ3v) is 4.56. The van der Waals surface area contributed by atoms with Gasteiger partial charge in [0.15, 0.2) is 0 Å². The van der Waals surface area contributed by atoms with Crippen LogP contribution >= 0.6 is 0 Å². The quantitative estimate of drug-likeness (QED) is 0.750. The van der Waals surface area contributed by atoms with E-state index in [1.54, 1.807) is 39.1 Å². The number of nitrogens with zero attached hydrogens (tertiary/aromatic N) is 1. The van der Waals surface area contributed by atoms with Crippen molar-refractivity contribution in [1.82, 2.24) is 14.9 Å². The number of H-pyrrole nitrogens is 1. The van der Waals surface area contributed by atoms with Crippen LogP contribution in [0.1, 0.15) is 37.0 Å². The van der Waals surface area contributed by atoms with Crippen LogP contribution in [0, 0.1) is 5.41 Å². The Hall–Kier alpha value is -2.57. The van der Waals surface area contributed by atoms with Gasteiger partial charge >= 0.3 is 11.7 Å². The number of hydrogen-bond donors (Lipinski definition) is 3. The number of rotatable bonds is 6. The Labute approximate surface area is 133 Å². The van der Waals surface area contributed by atoms with Gasteiger partial charge in [-0.3, -0.25) is 14.2 Å². The molecule has 0 bridgehead atoms. The Morgan fingerprint density at radius 1 is 1.30 bits per heavy atom. The van der Waals surface area contributed by atoms with Crippen molar-refractivity contribution in [3.05, 3.63) is 34.2 Å². The van der Waals surface area contributed by atoms with Crippen LogP contribution in [0.3, 0.4) is 0 Å². The highest BCUT2D eigenvalue weighted by Gasteiger charge is 2.35. The number of fused-ring (bicyclic) bond motifs is 1. The number of hydrogen-bond acceptors (Lipinski definition) is 3. The van der Waals surface area contributed by atoms with E-state index in [1.165, 1.54) is 4.57 Å². The smallest absolute Gasteiger partial charge is 0.326 e. The number of carbonyl (C=O) groups is 2. The molecule has 0 aliphatic heterocycles. The molecule has 2 aromatic rings. The lowest BCUT2D eigenvalue weighted by Crippen LogP contribution is -2.42. The van der Waals surface area contributed by atoms with Crippen LogP contribution in [0.2, 0.25) is 0 Å². The number of aromatic amines is 1. The van der Waals surface area contributed by atoms with Crippen molar-refractivity contribution in [1.29, 1.82) is 0 Å². The average molecular weight is 319 g/mol. The Morgan fingerprint density at radius 2 is 1.96 bits per heavy atom. The van der Waals surface area contributed by atoms with E-state index in [-0.39, 0.29) is 18.1 Å². The lowest BCUT2D eigenvalue weighted by Gasteiger charge is -2.26. The van der Waals surface area contributed by atoms with E-state index in [0.29, 0.717) is 29.4 Å². The molecular formula is C16H21N3O4. The maximum Gasteiger partial charge on any atom is 0.326 e. The van der Waals surface area contributed by atoms with Gasteiger partial charge in [-0.25, -0.2) is 4.79 Å². The fourth-order valence-corrected chi connectivity index (χ4v) is 2.59. The monoisotopic (exact) mass is 319 g/mol. The summed E-state index contributed by atoms with van der Waals surface area (Å²) in [6, 6.07) is 4.88. The van der Waals surface area contributed by atoms with Gasteiger partial charge in [0.05, 0.1) is 16.4 Å². The van der Waals surface area contributed by atoms with Crippen molar-refractivity contribution < 1.29 is 14.7 Å². The number of aromatic nitrogens is 2. The topological polar surface area (TPSA) is 104 Å². The number of nitrogens with one attached hydrogen (secondary N) is 2. The van der Waals surface area contributed by atoms with E-state index in [0.717, 1.165) is 0 Å². The normalized spacial score (nSPS) is 11.6. The van der Waals surface area contributed by atoms with Crippen molar-refractivity contribution in [2.75, 3.05) is 6.54 Å². The van der Waals surface area contributed by atoms with Gasteiger partial charge in [0.25, 0.3) is 5.91 Å². The molecule has 1 heterocycles. The largest absolute Gasteiger partial charge is 0.481 e. The third-order valence-electron chi connectivity index (χ3n) is 4.56. The van der Waals surface area contributed by atoms with Gasteiger partial charge in [-0.05, 0) is 31.0 Å². The zero-order chi connectivity index (χ0) is 17.2. The van der Waals surface area contributed by atoms with Crippen molar-refractivity contribution in [3.63, 3.8) is 0 Å². The molecule has 1 aromatic heterocycles. The summed E-state index contributed by atoms with van der Waals surface area (Å²) in [6.07, 6.45) is 0.870. The molecule has 0 unspecified atom stereocenters. The van der Waals surface area contributed by atoms with E-state index >= 15 is 0 Å². The predicted octanol–water partition coefficient (Wildman–Crippen LogP) is 1.49. The first-order valence-electron chi connectivity index (χ1n) is 7.55. The van der Waals surface area contributed by atoms with Gasteiger partial charge in [-0.15, -0.1) is 0 Å². The molecule has 1 amide bonds. The summed E-state index contributed by atoms with van der Waals surface area (Å²) in [7, 11) is 1.62. The third kappa shape index (κ3) is 2.99. The summed E-state index contributed by atoms with van der Waals surface area (Å²) in [5, 5.41) is 12.1. The summed E-state index contributed by atoms with van der Waals surface area (Å²) in [6.45, 7) is 3.66. The number of carboxylic acid groups (broad SMARTS) is 1. The summed E-state index contributed by atoms with van der Waals surface area (Å²) >= 11 is 0. The van der Waals surface area contributed by atoms with E-state index in [9.17, 15) is 19.5 Å². The number of amides is 1. The zero-order valence-corrected chi connectivity index (χ0v) is 13.5. The molecule has 0 radical (unpaired) electrons. The SMILES string of the molecule is CCC(CC)(CNC(=O)c1ccc2[nH]c(=O)n(C)c2c1)C(=O)O. The van der Waals surface area contributed by atoms with Gasteiger partial charge in [0.1, 0.15) is 0 Å². The molecule has 0 saturated heterocycles. The van der Waals surface area contributed by atoms with Crippen molar-refractivity contribution >= 4 is 22.9 Å². The number of carboxylic acids is 1. The minimum Gasteiger partial charge on any atom is -0.481 e. The molecule has 3 N–H and O–H groups in total. The lowest BCUT2D eigenvalue weighted by atomic mass is 9.82. The molecule has 7 nitrogen and oxygen atoms in total. The molecule has 7 heteroatoms. The first-order valence-corrected chi connectivity index (χ1v) is 7.55. The van der Waals surface area contributed by atoms with E-state index in [4.69, 9.17) is 0 Å². The summed E-state index contributed by atoms with van der Waals surface area (Å²) in [5.41, 5.74) is 0.452. The minimum absolute atomic E-state index is 0.0677. The minimum atomic E-state index is -0.958. The highest BCUT2D eigenvalue weighted by molar-refractivity contribution is 5.97. The van der Waals surface area contributed by atoms with Crippen molar-refractivity contribution in [2.24, 2.45) is 12.5 Å². The summed E-state index contributed by atoms with van der Waals surface area (Å²) in [5.74, 6) is -1.26. The summed E-state index contributed by atoms with van der Waals surface area (Å²) < 4.78 is 1.42. The second-order valence-electron chi connectivity index (χ2n) is 5.70. The second-order valence-corrected chi connectivity index (χ2v) is 5.70. The van der Waals surface area contributed by atoms with E-state index in [2.05, 4.69) is 10.3 Å². The Kier molecular flexibility index (Phi) is 4.58. The number of carbonyl (C=O) groups excluding carboxylic acids is 1. The van der Waals surface area contributed by atoms with Crippen molar-refractivity contribution in [2.45, 2.75) is 26.7 Å². The lowest BCUT2D eigenvalue weighted by molar-refractivity contribution is -0.149. The molecule has 1 aromatic carbocycles. The van der Waals surface area contributed by atoms with Gasteiger partial charge in [0, 0.05) is 19.2 Å². The molecule has 0 aliphatic carbocycles. The first kappa shape index (κ1) is 16.8. The van der Waals surface area contributed by atoms with Crippen LogP contribution < -0.4 is 11.0 Å². The molecule has 0 fully saturated rings. The standard InChI is InChI=1S/C16H21N3O4/c1-4-16(5-2,14(21)22)9-17-13(20)10-6-7-11-12(8-10)19(3)15(23)18-11/h6-8H,4-5,9H2,1-3H3,(H,17,20)(H,18,23)(H,21,22). The zero-order valence-electron chi connectivity index (χ0n) is 13.5. The van der Waals surface area contributed by atoms with Crippen molar-refractivity contribution in [3.8, 4) is 0 Å². The average Bonchev–Trinajstić information content (AvgIpc) is 2.82. The Balaban J connectivity index is 2.22. The predicted molar refractivity (Wildman–Crippen MR) is 86.5 cm³/mol. The summed E-state index contributed by atoms with van der Waals surface area (Å²) in [4.78, 5) is 38.0. The highest BCUT2D eigenvalue weighted by atomic mass is 16.4. The van der Waals surface area contributed by atoms with Crippen LogP contribution in [0.15, 0.2) is 23.0 Å². The van der Waals surface area contributed by atoms with Crippen LogP contribution in [0.25, 0.3) is 11.0 Å². The molecule has 2 rings (SSSR count). The van der Waals surface area contributed by atoms with E-state index < -0.39 is 11.4 Å². The van der Waals surface area contributed by atoms with Gasteiger partial charge in [-0.2, -0.15) is 0 Å². The second kappa shape index (κ2) is 6.28. The first-order chi connectivity index (χ1) is 10.8. The Morgan fingerprint density at radius 3 is 2.52 bits per heavy atom. The number of aliphatic carboxylic acids is 1. The van der Waals surface area contributed by atoms with Crippen LogP contribution in [-0.4, -0.2) is 33.1 Å². The number of imidazole rings is 1. The Bertz CT molecular complexity index is 799. The van der Waals surface area contributed by atoms with Gasteiger partial charge in [-0.1, -0.05) is 13.8 Å². The number of aryl methyl sites for hydroxylation is 1. The maximum absolute atomic E-state index is 12.3. The fraction of sp³-hybridized carbons (Fsp3) is 0.438. The highest BCUT2D eigenvalue weighted by Crippen LogP contribution is 2.25. The van der Waals surface area contributed by atoms with Gasteiger partial charge in [0.2, 0.25) is 0 Å². The molecule has 23 heavy (non-hydrogen) atoms. The fourth-order valence-electron chi connectivity index (χ4n) is 2.59. The van der Waals surface area contributed by atoms with Gasteiger partial charge < -0.3 is 15.4 Å².